The first-order chi connectivity index (χ1) is 7.58. The van der Waals surface area contributed by atoms with Crippen LogP contribution in [0.25, 0.3) is 0 Å². The van der Waals surface area contributed by atoms with Crippen molar-refractivity contribution in [2.24, 2.45) is 10.8 Å². The zero-order valence-electron chi connectivity index (χ0n) is 9.90. The zero-order valence-corrected chi connectivity index (χ0v) is 9.90. The van der Waals surface area contributed by atoms with E-state index < -0.39 is 0 Å². The van der Waals surface area contributed by atoms with E-state index >= 15 is 0 Å². The lowest BCUT2D eigenvalue weighted by Gasteiger charge is -2.45. The second kappa shape index (κ2) is 4.58. The molecule has 2 heterocycles. The molecule has 0 unspecified atom stereocenters. The van der Waals surface area contributed by atoms with Gasteiger partial charge in [-0.3, -0.25) is 0 Å². The van der Waals surface area contributed by atoms with Crippen molar-refractivity contribution in [2.45, 2.75) is 20.1 Å². The van der Waals surface area contributed by atoms with E-state index in [4.69, 9.17) is 18.9 Å². The quantitative estimate of drug-likeness (QED) is 0.745. The molecule has 2 rings (SSSR count). The fraction of sp³-hybridized carbons (Fsp3) is 1.00. The Kier molecular flexibility index (Phi) is 3.51. The third kappa shape index (κ3) is 2.38. The minimum Gasteiger partial charge on any atom is -0.396 e. The van der Waals surface area contributed by atoms with Crippen LogP contribution in [0, 0.1) is 10.8 Å². The average Bonchev–Trinajstić information content (AvgIpc) is 2.31. The van der Waals surface area contributed by atoms with Crippen LogP contribution in [-0.4, -0.2) is 51.2 Å². The Bertz CT molecular complexity index is 225. The van der Waals surface area contributed by atoms with Gasteiger partial charge in [-0.05, 0) is 0 Å². The molecule has 5 nitrogen and oxygen atoms in total. The molecule has 0 atom stereocenters. The summed E-state index contributed by atoms with van der Waals surface area (Å²) >= 11 is 0. The van der Waals surface area contributed by atoms with Gasteiger partial charge in [0.05, 0.1) is 38.4 Å². The molecule has 2 aliphatic heterocycles. The fourth-order valence-corrected chi connectivity index (χ4v) is 1.90. The molecule has 2 fully saturated rings. The van der Waals surface area contributed by atoms with Crippen LogP contribution in [-0.2, 0) is 18.9 Å². The molecular weight excluding hydrogens is 212 g/mol. The monoisotopic (exact) mass is 232 g/mol. The van der Waals surface area contributed by atoms with Gasteiger partial charge < -0.3 is 24.1 Å². The number of ether oxygens (including phenoxy) is 4. The molecule has 0 bridgehead atoms. The summed E-state index contributed by atoms with van der Waals surface area (Å²) in [6.45, 7) is 6.57. The molecule has 0 aromatic heterocycles. The molecule has 0 aliphatic carbocycles. The molecule has 2 saturated heterocycles. The number of hydrogen-bond donors (Lipinski definition) is 1. The molecule has 1 N–H and O–H groups in total. The molecule has 1 spiro atoms. The van der Waals surface area contributed by atoms with E-state index in [-0.39, 0.29) is 23.7 Å². The summed E-state index contributed by atoms with van der Waals surface area (Å²) in [4.78, 5) is 0. The molecule has 5 heteroatoms. The van der Waals surface area contributed by atoms with Gasteiger partial charge in [-0.15, -0.1) is 0 Å². The van der Waals surface area contributed by atoms with E-state index in [2.05, 4.69) is 0 Å². The van der Waals surface area contributed by atoms with Crippen LogP contribution in [0.15, 0.2) is 0 Å². The fourth-order valence-electron chi connectivity index (χ4n) is 1.90. The Labute approximate surface area is 95.6 Å². The lowest BCUT2D eigenvalue weighted by molar-refractivity contribution is -0.306. The summed E-state index contributed by atoms with van der Waals surface area (Å²) in [5, 5.41) is 9.24. The molecule has 16 heavy (non-hydrogen) atoms. The van der Waals surface area contributed by atoms with Crippen molar-refractivity contribution in [3.63, 3.8) is 0 Å². The summed E-state index contributed by atoms with van der Waals surface area (Å²) in [7, 11) is 0. The number of hydrogen-bond acceptors (Lipinski definition) is 5. The van der Waals surface area contributed by atoms with Crippen molar-refractivity contribution >= 4 is 0 Å². The van der Waals surface area contributed by atoms with Gasteiger partial charge in [-0.1, -0.05) is 13.8 Å². The van der Waals surface area contributed by atoms with Crippen molar-refractivity contribution in [1.82, 2.24) is 0 Å². The van der Waals surface area contributed by atoms with Crippen LogP contribution in [0.5, 0.6) is 0 Å². The standard InChI is InChI=1S/C11H20O5/c1-10(2,3-12)9-15-6-11(7-16-9)4-13-8-14-5-11/h9,12H,3-8H2,1-2H3. The largest absolute Gasteiger partial charge is 0.396 e. The highest BCUT2D eigenvalue weighted by molar-refractivity contribution is 4.85. The molecule has 0 amide bonds. The predicted molar refractivity (Wildman–Crippen MR) is 55.8 cm³/mol. The first kappa shape index (κ1) is 12.3. The molecule has 0 aromatic carbocycles. The summed E-state index contributed by atoms with van der Waals surface area (Å²) in [5.41, 5.74) is -0.543. The van der Waals surface area contributed by atoms with E-state index in [0.717, 1.165) is 0 Å². The second-order valence-corrected chi connectivity index (χ2v) is 5.42. The van der Waals surface area contributed by atoms with Crippen molar-refractivity contribution < 1.29 is 24.1 Å². The SMILES string of the molecule is CC(C)(CO)C1OCC2(COCOC2)CO1. The van der Waals surface area contributed by atoms with Crippen molar-refractivity contribution in [3.05, 3.63) is 0 Å². The van der Waals surface area contributed by atoms with Crippen molar-refractivity contribution in [3.8, 4) is 0 Å². The smallest absolute Gasteiger partial charge is 0.164 e. The van der Waals surface area contributed by atoms with Crippen LogP contribution in [0.3, 0.4) is 0 Å². The lowest BCUT2D eigenvalue weighted by atomic mass is 9.88. The summed E-state index contributed by atoms with van der Waals surface area (Å²) in [6.07, 6.45) is -0.356. The molecule has 94 valence electrons. The Morgan fingerprint density at radius 1 is 1.12 bits per heavy atom. The Hall–Kier alpha value is -0.200. The highest BCUT2D eigenvalue weighted by Gasteiger charge is 2.43. The van der Waals surface area contributed by atoms with Gasteiger partial charge in [0.25, 0.3) is 0 Å². The first-order valence-electron chi connectivity index (χ1n) is 5.58. The summed E-state index contributed by atoms with van der Waals surface area (Å²) < 4.78 is 21.9. The minimum atomic E-state index is -0.377. The van der Waals surface area contributed by atoms with E-state index in [1.54, 1.807) is 0 Å². The topological polar surface area (TPSA) is 57.2 Å². The normalized spacial score (nSPS) is 27.2. The zero-order chi connectivity index (χ0) is 11.6. The van der Waals surface area contributed by atoms with E-state index in [1.807, 2.05) is 13.8 Å². The highest BCUT2D eigenvalue weighted by atomic mass is 16.7. The van der Waals surface area contributed by atoms with Crippen LogP contribution in [0.1, 0.15) is 13.8 Å². The number of aliphatic hydroxyl groups excluding tert-OH is 1. The third-order valence-corrected chi connectivity index (χ3v) is 3.11. The lowest BCUT2D eigenvalue weighted by Crippen LogP contribution is -2.53. The molecular formula is C11H20O5. The van der Waals surface area contributed by atoms with Gasteiger partial charge in [-0.25, -0.2) is 0 Å². The van der Waals surface area contributed by atoms with Crippen molar-refractivity contribution in [2.75, 3.05) is 39.8 Å². The van der Waals surface area contributed by atoms with Gasteiger partial charge in [0.2, 0.25) is 0 Å². The van der Waals surface area contributed by atoms with Gasteiger partial charge in [-0.2, -0.15) is 0 Å². The van der Waals surface area contributed by atoms with E-state index in [9.17, 15) is 5.11 Å². The Balaban J connectivity index is 1.91. The number of rotatable bonds is 2. The van der Waals surface area contributed by atoms with Crippen LogP contribution >= 0.6 is 0 Å². The summed E-state index contributed by atoms with van der Waals surface area (Å²) in [6, 6.07) is 0. The van der Waals surface area contributed by atoms with Gasteiger partial charge in [0.1, 0.15) is 6.79 Å². The maximum Gasteiger partial charge on any atom is 0.164 e. The van der Waals surface area contributed by atoms with Crippen LogP contribution in [0.2, 0.25) is 0 Å². The first-order valence-corrected chi connectivity index (χ1v) is 5.58. The maximum absolute atomic E-state index is 9.24. The maximum atomic E-state index is 9.24. The van der Waals surface area contributed by atoms with Crippen molar-refractivity contribution in [1.29, 1.82) is 0 Å². The molecule has 0 aromatic rings. The molecule has 0 radical (unpaired) electrons. The summed E-state index contributed by atoms with van der Waals surface area (Å²) in [5.74, 6) is 0. The van der Waals surface area contributed by atoms with E-state index in [1.165, 1.54) is 0 Å². The second-order valence-electron chi connectivity index (χ2n) is 5.42. The molecule has 0 saturated carbocycles. The highest BCUT2D eigenvalue weighted by Crippen LogP contribution is 2.34. The predicted octanol–water partition coefficient (Wildman–Crippen LogP) is 0.368. The van der Waals surface area contributed by atoms with Crippen LogP contribution < -0.4 is 0 Å². The van der Waals surface area contributed by atoms with Gasteiger partial charge >= 0.3 is 0 Å². The van der Waals surface area contributed by atoms with Gasteiger partial charge in [0, 0.05) is 5.41 Å². The van der Waals surface area contributed by atoms with Crippen LogP contribution in [0.4, 0.5) is 0 Å². The Morgan fingerprint density at radius 3 is 2.19 bits per heavy atom. The Morgan fingerprint density at radius 2 is 1.69 bits per heavy atom. The van der Waals surface area contributed by atoms with E-state index in [0.29, 0.717) is 33.2 Å². The third-order valence-electron chi connectivity index (χ3n) is 3.11. The van der Waals surface area contributed by atoms with Gasteiger partial charge in [0.15, 0.2) is 6.29 Å². The average molecular weight is 232 g/mol. The minimum absolute atomic E-state index is 0.0394. The number of aliphatic hydroxyl groups is 1. The molecule has 2 aliphatic rings.